The molecule has 0 aromatic heterocycles. The molecule has 0 bridgehead atoms. The van der Waals surface area contributed by atoms with Gasteiger partial charge in [-0.05, 0) is 19.4 Å². The topological polar surface area (TPSA) is 35.2 Å². The Hall–Kier alpha value is -1.53. The third-order valence-corrected chi connectivity index (χ3v) is 2.19. The van der Waals surface area contributed by atoms with Gasteiger partial charge in [0.25, 0.3) is 0 Å². The number of hydrogen-bond acceptors (Lipinski definition) is 2. The van der Waals surface area contributed by atoms with Crippen molar-refractivity contribution in [3.8, 4) is 18.1 Å². The van der Waals surface area contributed by atoms with Gasteiger partial charge in [0.15, 0.2) is 0 Å². The molecular weight excluding hydrogens is 205 g/mol. The maximum absolute atomic E-state index is 13.0. The molecule has 0 amide bonds. The lowest BCUT2D eigenvalue weighted by Gasteiger charge is -2.13. The maximum atomic E-state index is 13.0. The Balaban J connectivity index is 2.69. The number of hydrogen-bond donors (Lipinski definition) is 1. The quantitative estimate of drug-likeness (QED) is 0.612. The first-order chi connectivity index (χ1) is 7.65. The highest BCUT2D eigenvalue weighted by molar-refractivity contribution is 5.36. The minimum atomic E-state index is -0.323. The van der Waals surface area contributed by atoms with E-state index in [1.54, 1.807) is 6.07 Å². The zero-order valence-electron chi connectivity index (χ0n) is 9.37. The van der Waals surface area contributed by atoms with Crippen molar-refractivity contribution in [3.05, 3.63) is 29.6 Å². The van der Waals surface area contributed by atoms with Crippen LogP contribution in [0, 0.1) is 18.2 Å². The minimum absolute atomic E-state index is 0.178. The highest BCUT2D eigenvalue weighted by Gasteiger charge is 2.09. The van der Waals surface area contributed by atoms with Gasteiger partial charge in [0.05, 0.1) is 6.61 Å². The second-order valence-corrected chi connectivity index (χ2v) is 3.63. The first kappa shape index (κ1) is 12.5. The van der Waals surface area contributed by atoms with Crippen LogP contribution in [-0.4, -0.2) is 6.61 Å². The van der Waals surface area contributed by atoms with Crippen molar-refractivity contribution in [3.63, 3.8) is 0 Å². The van der Waals surface area contributed by atoms with Crippen molar-refractivity contribution in [1.82, 2.24) is 0 Å². The maximum Gasteiger partial charge on any atom is 0.126 e. The van der Waals surface area contributed by atoms with Crippen molar-refractivity contribution < 1.29 is 9.13 Å². The Morgan fingerprint density at radius 3 is 2.94 bits per heavy atom. The highest BCUT2D eigenvalue weighted by atomic mass is 19.1. The number of nitrogens with two attached hydrogens (primary N) is 1. The molecule has 0 aliphatic rings. The molecule has 0 radical (unpaired) electrons. The van der Waals surface area contributed by atoms with E-state index in [1.807, 2.05) is 6.92 Å². The Kier molecular flexibility index (Phi) is 4.81. The van der Waals surface area contributed by atoms with E-state index in [2.05, 4.69) is 5.92 Å². The summed E-state index contributed by atoms with van der Waals surface area (Å²) in [6.45, 7) is 2.31. The van der Waals surface area contributed by atoms with Gasteiger partial charge in [0, 0.05) is 24.1 Å². The summed E-state index contributed by atoms with van der Waals surface area (Å²) in [6.07, 6.45) is 6.54. The highest BCUT2D eigenvalue weighted by Crippen LogP contribution is 2.24. The van der Waals surface area contributed by atoms with Crippen molar-refractivity contribution in [1.29, 1.82) is 0 Å². The van der Waals surface area contributed by atoms with Crippen LogP contribution >= 0.6 is 0 Å². The largest absolute Gasteiger partial charge is 0.493 e. The molecule has 2 N–H and O–H groups in total. The number of halogens is 1. The van der Waals surface area contributed by atoms with Crippen molar-refractivity contribution >= 4 is 0 Å². The fourth-order valence-electron chi connectivity index (χ4n) is 1.37. The summed E-state index contributed by atoms with van der Waals surface area (Å²) in [7, 11) is 0. The SMILES string of the molecule is C#CCCCOc1cc(F)ccc1C(C)N. The van der Waals surface area contributed by atoms with Gasteiger partial charge in [-0.1, -0.05) is 6.07 Å². The molecule has 1 aromatic carbocycles. The van der Waals surface area contributed by atoms with Crippen LogP contribution in [-0.2, 0) is 0 Å². The van der Waals surface area contributed by atoms with Gasteiger partial charge >= 0.3 is 0 Å². The van der Waals surface area contributed by atoms with Gasteiger partial charge < -0.3 is 10.5 Å². The minimum Gasteiger partial charge on any atom is -0.493 e. The van der Waals surface area contributed by atoms with Crippen LogP contribution < -0.4 is 10.5 Å². The molecule has 2 nitrogen and oxygen atoms in total. The summed E-state index contributed by atoms with van der Waals surface area (Å²) < 4.78 is 18.5. The standard InChI is InChI=1S/C13H16FNO/c1-3-4-5-8-16-13-9-11(14)6-7-12(13)10(2)15/h1,6-7,9-10H,4-5,8,15H2,2H3. The number of terminal acetylenes is 1. The summed E-state index contributed by atoms with van der Waals surface area (Å²) in [5, 5.41) is 0. The first-order valence-corrected chi connectivity index (χ1v) is 5.26. The third kappa shape index (κ3) is 3.56. The molecular formula is C13H16FNO. The van der Waals surface area contributed by atoms with E-state index in [0.29, 0.717) is 18.8 Å². The number of rotatable bonds is 5. The predicted molar refractivity (Wildman–Crippen MR) is 62.6 cm³/mol. The van der Waals surface area contributed by atoms with E-state index >= 15 is 0 Å². The fraction of sp³-hybridized carbons (Fsp3) is 0.385. The molecule has 0 heterocycles. The van der Waals surface area contributed by atoms with Gasteiger partial charge in [-0.2, -0.15) is 0 Å². The predicted octanol–water partition coefficient (Wildman–Crippen LogP) is 2.64. The fourth-order valence-corrected chi connectivity index (χ4v) is 1.37. The second kappa shape index (κ2) is 6.14. The Morgan fingerprint density at radius 2 is 2.31 bits per heavy atom. The van der Waals surface area contributed by atoms with E-state index in [0.717, 1.165) is 12.0 Å². The molecule has 0 saturated heterocycles. The number of unbranched alkanes of at least 4 members (excludes halogenated alkanes) is 1. The van der Waals surface area contributed by atoms with Crippen LogP contribution in [0.25, 0.3) is 0 Å². The lowest BCUT2D eigenvalue weighted by atomic mass is 10.1. The average molecular weight is 221 g/mol. The molecule has 1 unspecified atom stereocenters. The monoisotopic (exact) mass is 221 g/mol. The number of ether oxygens (including phenoxy) is 1. The summed E-state index contributed by atoms with van der Waals surface area (Å²) in [4.78, 5) is 0. The van der Waals surface area contributed by atoms with Crippen LogP contribution in [0.4, 0.5) is 4.39 Å². The zero-order valence-corrected chi connectivity index (χ0v) is 9.37. The summed E-state index contributed by atoms with van der Waals surface area (Å²) >= 11 is 0. The van der Waals surface area contributed by atoms with Gasteiger partial charge in [-0.3, -0.25) is 0 Å². The zero-order chi connectivity index (χ0) is 12.0. The molecule has 0 aliphatic carbocycles. The molecule has 3 heteroatoms. The lowest BCUT2D eigenvalue weighted by molar-refractivity contribution is 0.306. The number of benzene rings is 1. The lowest BCUT2D eigenvalue weighted by Crippen LogP contribution is -2.09. The molecule has 1 atom stereocenters. The summed E-state index contributed by atoms with van der Waals surface area (Å²) in [6, 6.07) is 4.21. The van der Waals surface area contributed by atoms with Gasteiger partial charge in [0.2, 0.25) is 0 Å². The van der Waals surface area contributed by atoms with E-state index in [4.69, 9.17) is 16.9 Å². The molecule has 16 heavy (non-hydrogen) atoms. The smallest absolute Gasteiger partial charge is 0.126 e. The van der Waals surface area contributed by atoms with E-state index < -0.39 is 0 Å². The van der Waals surface area contributed by atoms with Gasteiger partial charge in [0.1, 0.15) is 11.6 Å². The van der Waals surface area contributed by atoms with Crippen molar-refractivity contribution in [2.75, 3.05) is 6.61 Å². The first-order valence-electron chi connectivity index (χ1n) is 5.26. The molecule has 1 aromatic rings. The Morgan fingerprint density at radius 1 is 1.56 bits per heavy atom. The molecule has 0 fully saturated rings. The van der Waals surface area contributed by atoms with Gasteiger partial charge in [-0.15, -0.1) is 12.3 Å². The van der Waals surface area contributed by atoms with Gasteiger partial charge in [-0.25, -0.2) is 4.39 Å². The van der Waals surface area contributed by atoms with Crippen molar-refractivity contribution in [2.45, 2.75) is 25.8 Å². The van der Waals surface area contributed by atoms with Crippen LogP contribution in [0.3, 0.4) is 0 Å². The van der Waals surface area contributed by atoms with Crippen LogP contribution in [0.2, 0.25) is 0 Å². The van der Waals surface area contributed by atoms with E-state index in [9.17, 15) is 4.39 Å². The molecule has 0 spiro atoms. The molecule has 0 saturated carbocycles. The van der Waals surface area contributed by atoms with Crippen LogP contribution in [0.5, 0.6) is 5.75 Å². The van der Waals surface area contributed by atoms with E-state index in [1.165, 1.54) is 12.1 Å². The normalized spacial score (nSPS) is 11.9. The Bertz CT molecular complexity index is 382. The average Bonchev–Trinajstić information content (AvgIpc) is 2.24. The third-order valence-electron chi connectivity index (χ3n) is 2.19. The molecule has 1 rings (SSSR count). The summed E-state index contributed by atoms with van der Waals surface area (Å²) in [5.74, 6) is 2.71. The molecule has 0 aliphatic heterocycles. The summed E-state index contributed by atoms with van der Waals surface area (Å²) in [5.41, 5.74) is 6.57. The molecule has 86 valence electrons. The van der Waals surface area contributed by atoms with Crippen LogP contribution in [0.1, 0.15) is 31.4 Å². The van der Waals surface area contributed by atoms with E-state index in [-0.39, 0.29) is 11.9 Å². The second-order valence-electron chi connectivity index (χ2n) is 3.63. The Labute approximate surface area is 95.6 Å². The van der Waals surface area contributed by atoms with Crippen molar-refractivity contribution in [2.24, 2.45) is 5.73 Å². The van der Waals surface area contributed by atoms with Crippen LogP contribution in [0.15, 0.2) is 18.2 Å².